The maximum Gasteiger partial charge on any atom is 0.240 e. The fourth-order valence-corrected chi connectivity index (χ4v) is 4.57. The van der Waals surface area contributed by atoms with E-state index in [1.165, 1.54) is 6.42 Å². The van der Waals surface area contributed by atoms with Crippen molar-refractivity contribution in [3.8, 4) is 0 Å². The van der Waals surface area contributed by atoms with Crippen LogP contribution in [0.25, 0.3) is 0 Å². The predicted octanol–water partition coefficient (Wildman–Crippen LogP) is 2.01. The summed E-state index contributed by atoms with van der Waals surface area (Å²) in [7, 11) is -1.49. The fraction of sp³-hybridized carbons (Fsp3) is 0.600. The third-order valence-corrected chi connectivity index (χ3v) is 7.02. The third kappa shape index (κ3) is 4.22. The Balaban J connectivity index is 1.98. The van der Waals surface area contributed by atoms with Gasteiger partial charge in [-0.25, -0.2) is 13.1 Å². The van der Waals surface area contributed by atoms with E-state index in [9.17, 15) is 8.42 Å². The highest BCUT2D eigenvalue weighted by Crippen LogP contribution is 2.42. The summed E-state index contributed by atoms with van der Waals surface area (Å²) in [5.41, 5.74) is 1.14. The Hall–Kier alpha value is -0.560. The van der Waals surface area contributed by atoms with E-state index in [1.54, 1.807) is 23.9 Å². The third-order valence-electron chi connectivity index (χ3n) is 4.18. The number of rotatable bonds is 8. The molecule has 0 bridgehead atoms. The summed E-state index contributed by atoms with van der Waals surface area (Å²) >= 11 is 1.77. The molecule has 0 saturated heterocycles. The highest BCUT2D eigenvalue weighted by atomic mass is 32.2. The van der Waals surface area contributed by atoms with Crippen molar-refractivity contribution < 1.29 is 8.42 Å². The molecular formula is C15H24N2O2S2. The van der Waals surface area contributed by atoms with Gasteiger partial charge in [0, 0.05) is 11.3 Å². The quantitative estimate of drug-likeness (QED) is 0.766. The molecule has 6 heteroatoms. The first-order valence-electron chi connectivity index (χ1n) is 7.30. The molecule has 1 aliphatic rings. The van der Waals surface area contributed by atoms with E-state index in [0.29, 0.717) is 11.4 Å². The van der Waals surface area contributed by atoms with E-state index in [-0.39, 0.29) is 4.75 Å². The van der Waals surface area contributed by atoms with Crippen molar-refractivity contribution in [2.24, 2.45) is 0 Å². The SMILES string of the molecule is CNCCc1ccc(S(=O)(=O)NCC2(SC)CCC2)cc1. The topological polar surface area (TPSA) is 58.2 Å². The minimum atomic E-state index is -3.40. The Labute approximate surface area is 132 Å². The minimum absolute atomic E-state index is 0.111. The molecule has 118 valence electrons. The van der Waals surface area contributed by atoms with Gasteiger partial charge in [-0.1, -0.05) is 18.6 Å². The van der Waals surface area contributed by atoms with Crippen LogP contribution in [0.15, 0.2) is 29.2 Å². The van der Waals surface area contributed by atoms with E-state index in [1.807, 2.05) is 19.2 Å². The second-order valence-corrected chi connectivity index (χ2v) is 8.60. The zero-order valence-electron chi connectivity index (χ0n) is 12.7. The van der Waals surface area contributed by atoms with Crippen LogP contribution in [0, 0.1) is 0 Å². The molecule has 1 fully saturated rings. The van der Waals surface area contributed by atoms with Gasteiger partial charge in [-0.3, -0.25) is 0 Å². The van der Waals surface area contributed by atoms with Gasteiger partial charge in [-0.15, -0.1) is 0 Å². The van der Waals surface area contributed by atoms with Gasteiger partial charge in [0.25, 0.3) is 0 Å². The van der Waals surface area contributed by atoms with Crippen LogP contribution in [0.1, 0.15) is 24.8 Å². The minimum Gasteiger partial charge on any atom is -0.319 e. The zero-order chi connectivity index (χ0) is 15.3. The van der Waals surface area contributed by atoms with Crippen LogP contribution in [-0.2, 0) is 16.4 Å². The van der Waals surface area contributed by atoms with Crippen LogP contribution in [0.5, 0.6) is 0 Å². The van der Waals surface area contributed by atoms with Crippen LogP contribution in [0.4, 0.5) is 0 Å². The summed E-state index contributed by atoms with van der Waals surface area (Å²) in [6.45, 7) is 1.42. The zero-order valence-corrected chi connectivity index (χ0v) is 14.3. The lowest BCUT2D eigenvalue weighted by molar-refractivity contribution is 0.362. The molecule has 2 N–H and O–H groups in total. The normalized spacial score (nSPS) is 17.4. The number of hydrogen-bond acceptors (Lipinski definition) is 4. The van der Waals surface area contributed by atoms with Crippen molar-refractivity contribution in [2.75, 3.05) is 26.4 Å². The monoisotopic (exact) mass is 328 g/mol. The van der Waals surface area contributed by atoms with E-state index < -0.39 is 10.0 Å². The highest BCUT2D eigenvalue weighted by molar-refractivity contribution is 8.00. The van der Waals surface area contributed by atoms with Gasteiger partial charge < -0.3 is 5.32 Å². The molecule has 0 heterocycles. The Bertz CT molecular complexity index is 546. The standard InChI is InChI=1S/C15H24N2O2S2/c1-16-11-8-13-4-6-14(7-5-13)21(18,19)17-12-15(20-2)9-3-10-15/h4-7,16-17H,3,8-12H2,1-2H3. The molecule has 0 atom stereocenters. The molecule has 21 heavy (non-hydrogen) atoms. The summed E-state index contributed by atoms with van der Waals surface area (Å²) in [5.74, 6) is 0. The van der Waals surface area contributed by atoms with Gasteiger partial charge in [0.2, 0.25) is 10.0 Å². The Morgan fingerprint density at radius 3 is 2.38 bits per heavy atom. The van der Waals surface area contributed by atoms with Crippen molar-refractivity contribution in [3.63, 3.8) is 0 Å². The first-order valence-corrected chi connectivity index (χ1v) is 10.0. The lowest BCUT2D eigenvalue weighted by Crippen LogP contribution is -2.45. The summed E-state index contributed by atoms with van der Waals surface area (Å²) < 4.78 is 27.5. The van der Waals surface area contributed by atoms with E-state index in [4.69, 9.17) is 0 Å². The maximum atomic E-state index is 12.3. The molecule has 0 radical (unpaired) electrons. The van der Waals surface area contributed by atoms with Crippen molar-refractivity contribution in [3.05, 3.63) is 29.8 Å². The number of sulfonamides is 1. The molecule has 0 aliphatic heterocycles. The largest absolute Gasteiger partial charge is 0.319 e. The average Bonchev–Trinajstić information content (AvgIpc) is 2.45. The first kappa shape index (κ1) is 16.8. The van der Waals surface area contributed by atoms with Gasteiger partial charge in [0.15, 0.2) is 0 Å². The van der Waals surface area contributed by atoms with Crippen LogP contribution in [0.2, 0.25) is 0 Å². The van der Waals surface area contributed by atoms with Crippen LogP contribution < -0.4 is 10.0 Å². The van der Waals surface area contributed by atoms with Gasteiger partial charge in [-0.05, 0) is 56.8 Å². The van der Waals surface area contributed by atoms with Gasteiger partial charge in [-0.2, -0.15) is 11.8 Å². The second kappa shape index (κ2) is 7.13. The summed E-state index contributed by atoms with van der Waals surface area (Å²) in [6.07, 6.45) is 6.35. The van der Waals surface area contributed by atoms with Crippen LogP contribution >= 0.6 is 11.8 Å². The molecule has 1 aliphatic carbocycles. The molecule has 2 rings (SSSR count). The summed E-state index contributed by atoms with van der Waals surface area (Å²) in [4.78, 5) is 0.353. The van der Waals surface area contributed by atoms with E-state index in [0.717, 1.165) is 31.4 Å². The first-order chi connectivity index (χ1) is 10.0. The molecule has 0 spiro atoms. The number of hydrogen-bond donors (Lipinski definition) is 2. The molecule has 4 nitrogen and oxygen atoms in total. The molecule has 1 saturated carbocycles. The van der Waals surface area contributed by atoms with E-state index >= 15 is 0 Å². The highest BCUT2D eigenvalue weighted by Gasteiger charge is 2.37. The summed E-state index contributed by atoms with van der Waals surface area (Å²) in [5, 5.41) is 3.08. The van der Waals surface area contributed by atoms with E-state index in [2.05, 4.69) is 16.3 Å². The van der Waals surface area contributed by atoms with Crippen molar-refractivity contribution >= 4 is 21.8 Å². The molecule has 0 amide bonds. The van der Waals surface area contributed by atoms with Crippen LogP contribution in [-0.4, -0.2) is 39.6 Å². The van der Waals surface area contributed by atoms with Crippen molar-refractivity contribution in [1.29, 1.82) is 0 Å². The maximum absolute atomic E-state index is 12.3. The van der Waals surface area contributed by atoms with Crippen molar-refractivity contribution in [2.45, 2.75) is 35.3 Å². The molecule has 0 unspecified atom stereocenters. The van der Waals surface area contributed by atoms with Gasteiger partial charge >= 0.3 is 0 Å². The molecule has 1 aromatic rings. The number of thioether (sulfide) groups is 1. The second-order valence-electron chi connectivity index (χ2n) is 5.56. The fourth-order valence-electron chi connectivity index (χ4n) is 2.44. The lowest BCUT2D eigenvalue weighted by Gasteiger charge is -2.40. The lowest BCUT2D eigenvalue weighted by atomic mass is 9.84. The predicted molar refractivity (Wildman–Crippen MR) is 89.4 cm³/mol. The summed E-state index contributed by atoms with van der Waals surface area (Å²) in [6, 6.07) is 7.17. The Morgan fingerprint density at radius 1 is 1.24 bits per heavy atom. The number of benzene rings is 1. The smallest absolute Gasteiger partial charge is 0.240 e. The molecule has 0 aromatic heterocycles. The number of nitrogens with one attached hydrogen (secondary N) is 2. The Kier molecular flexibility index (Phi) is 5.71. The number of likely N-dealkylation sites (N-methyl/N-ethyl adjacent to an activating group) is 1. The van der Waals surface area contributed by atoms with Gasteiger partial charge in [0.05, 0.1) is 4.90 Å². The average molecular weight is 329 g/mol. The molecular weight excluding hydrogens is 304 g/mol. The van der Waals surface area contributed by atoms with Crippen molar-refractivity contribution in [1.82, 2.24) is 10.0 Å². The van der Waals surface area contributed by atoms with Gasteiger partial charge in [0.1, 0.15) is 0 Å². The Morgan fingerprint density at radius 2 is 1.90 bits per heavy atom. The van der Waals surface area contributed by atoms with Crippen LogP contribution in [0.3, 0.4) is 0 Å². The molecule has 1 aromatic carbocycles.